The maximum absolute atomic E-state index is 4.69. The van der Waals surface area contributed by atoms with Crippen LogP contribution >= 0.6 is 0 Å². The van der Waals surface area contributed by atoms with Crippen LogP contribution in [-0.2, 0) is 0 Å². The summed E-state index contributed by atoms with van der Waals surface area (Å²) in [6.07, 6.45) is 0. The third-order valence-electron chi connectivity index (χ3n) is 2.71. The van der Waals surface area contributed by atoms with Crippen molar-refractivity contribution >= 4 is 10.9 Å². The summed E-state index contributed by atoms with van der Waals surface area (Å²) in [6, 6.07) is 8.25. The summed E-state index contributed by atoms with van der Waals surface area (Å²) in [7, 11) is 0. The van der Waals surface area contributed by atoms with Gasteiger partial charge >= 0.3 is 0 Å². The lowest BCUT2D eigenvalue weighted by atomic mass is 10.0. The number of rotatable bonds is 2. The van der Waals surface area contributed by atoms with Gasteiger partial charge in [0.05, 0.1) is 11.2 Å². The highest BCUT2D eigenvalue weighted by atomic mass is 14.9. The van der Waals surface area contributed by atoms with Crippen molar-refractivity contribution in [2.75, 3.05) is 0 Å². The van der Waals surface area contributed by atoms with Crippen LogP contribution in [0.1, 0.15) is 58.5 Å². The highest BCUT2D eigenvalue weighted by Crippen LogP contribution is 2.24. The minimum Gasteiger partial charge on any atom is -0.237 e. The van der Waals surface area contributed by atoms with E-state index in [-0.39, 0.29) is 7.43 Å². The smallest absolute Gasteiger partial charge is 0.131 e. The zero-order chi connectivity index (χ0) is 11.7. The predicted molar refractivity (Wildman–Crippen MR) is 74.4 cm³/mol. The fraction of sp³-hybridized carbons (Fsp3) is 0.467. The fourth-order valence-corrected chi connectivity index (χ4v) is 1.82. The number of hydrogen-bond donors (Lipinski definition) is 0. The molecule has 0 N–H and O–H groups in total. The molecule has 1 aromatic carbocycles. The summed E-state index contributed by atoms with van der Waals surface area (Å²) in [4.78, 5) is 9.30. The molecule has 2 rings (SSSR count). The van der Waals surface area contributed by atoms with Crippen molar-refractivity contribution in [2.45, 2.75) is 47.0 Å². The van der Waals surface area contributed by atoms with E-state index in [2.05, 4.69) is 49.8 Å². The topological polar surface area (TPSA) is 25.8 Å². The zero-order valence-electron chi connectivity index (χ0n) is 10.4. The first kappa shape index (κ1) is 13.6. The van der Waals surface area contributed by atoms with E-state index in [1.54, 1.807) is 0 Å². The van der Waals surface area contributed by atoms with Crippen molar-refractivity contribution in [3.8, 4) is 0 Å². The van der Waals surface area contributed by atoms with Gasteiger partial charge in [-0.3, -0.25) is 0 Å². The van der Waals surface area contributed by atoms with Gasteiger partial charge in [-0.25, -0.2) is 9.97 Å². The Morgan fingerprint density at radius 3 is 2.12 bits per heavy atom. The lowest BCUT2D eigenvalue weighted by Crippen LogP contribution is -2.04. The average molecular weight is 230 g/mol. The molecule has 1 aromatic heterocycles. The molecule has 0 aliphatic rings. The number of fused-ring (bicyclic) bond motifs is 1. The number of hydrogen-bond acceptors (Lipinski definition) is 2. The van der Waals surface area contributed by atoms with Crippen LogP contribution in [-0.4, -0.2) is 9.97 Å². The summed E-state index contributed by atoms with van der Waals surface area (Å²) in [6.45, 7) is 8.63. The van der Waals surface area contributed by atoms with E-state index in [0.29, 0.717) is 11.8 Å². The van der Waals surface area contributed by atoms with Gasteiger partial charge in [0.15, 0.2) is 0 Å². The second-order valence-electron chi connectivity index (χ2n) is 4.79. The Labute approximate surface area is 104 Å². The molecule has 17 heavy (non-hydrogen) atoms. The summed E-state index contributed by atoms with van der Waals surface area (Å²) >= 11 is 0. The quantitative estimate of drug-likeness (QED) is 0.758. The molecular weight excluding hydrogens is 208 g/mol. The lowest BCUT2D eigenvalue weighted by Gasteiger charge is -2.12. The SMILES string of the molecule is C.CC(C)c1nc(C(C)C)c2ccccc2n1. The maximum atomic E-state index is 4.69. The Kier molecular flexibility index (Phi) is 4.22. The van der Waals surface area contributed by atoms with Gasteiger partial charge in [0.25, 0.3) is 0 Å². The highest BCUT2D eigenvalue weighted by Gasteiger charge is 2.11. The van der Waals surface area contributed by atoms with Crippen LogP contribution in [0.4, 0.5) is 0 Å². The van der Waals surface area contributed by atoms with Gasteiger partial charge < -0.3 is 0 Å². The average Bonchev–Trinajstić information content (AvgIpc) is 2.27. The summed E-state index contributed by atoms with van der Waals surface area (Å²) < 4.78 is 0. The van der Waals surface area contributed by atoms with Crippen molar-refractivity contribution in [1.82, 2.24) is 9.97 Å². The molecule has 2 nitrogen and oxygen atoms in total. The highest BCUT2D eigenvalue weighted by molar-refractivity contribution is 5.81. The van der Waals surface area contributed by atoms with Crippen molar-refractivity contribution < 1.29 is 0 Å². The number of aromatic nitrogens is 2. The van der Waals surface area contributed by atoms with Gasteiger partial charge in [0, 0.05) is 11.3 Å². The second-order valence-corrected chi connectivity index (χ2v) is 4.79. The molecule has 0 radical (unpaired) electrons. The third kappa shape index (κ3) is 2.63. The minimum absolute atomic E-state index is 0. The first-order chi connectivity index (χ1) is 7.59. The molecule has 0 atom stereocenters. The lowest BCUT2D eigenvalue weighted by molar-refractivity contribution is 0.743. The van der Waals surface area contributed by atoms with Crippen molar-refractivity contribution in [2.24, 2.45) is 0 Å². The number of para-hydroxylation sites is 1. The number of nitrogens with zero attached hydrogens (tertiary/aromatic N) is 2. The van der Waals surface area contributed by atoms with E-state index in [4.69, 9.17) is 0 Å². The van der Waals surface area contributed by atoms with E-state index in [1.165, 1.54) is 5.39 Å². The van der Waals surface area contributed by atoms with E-state index >= 15 is 0 Å². The molecule has 0 saturated carbocycles. The van der Waals surface area contributed by atoms with Crippen LogP contribution in [0.15, 0.2) is 24.3 Å². The first-order valence-corrected chi connectivity index (χ1v) is 5.86. The van der Waals surface area contributed by atoms with Crippen molar-refractivity contribution in [1.29, 1.82) is 0 Å². The summed E-state index contributed by atoms with van der Waals surface area (Å²) in [5, 5.41) is 1.18. The van der Waals surface area contributed by atoms with Crippen LogP contribution in [0.5, 0.6) is 0 Å². The maximum Gasteiger partial charge on any atom is 0.131 e. The standard InChI is InChI=1S/C14H18N2.CH4/c1-9(2)13-11-7-5-6-8-12(11)15-14(16-13)10(3)4;/h5-10H,1-4H3;1H4. The third-order valence-corrected chi connectivity index (χ3v) is 2.71. The van der Waals surface area contributed by atoms with Gasteiger partial charge in [-0.1, -0.05) is 53.3 Å². The molecule has 0 fully saturated rings. The Hall–Kier alpha value is -1.44. The molecule has 0 saturated heterocycles. The minimum atomic E-state index is 0. The number of benzene rings is 1. The molecule has 0 amide bonds. The molecule has 92 valence electrons. The fourth-order valence-electron chi connectivity index (χ4n) is 1.82. The molecule has 0 aliphatic heterocycles. The van der Waals surface area contributed by atoms with Crippen LogP contribution in [0.3, 0.4) is 0 Å². The van der Waals surface area contributed by atoms with E-state index < -0.39 is 0 Å². The van der Waals surface area contributed by atoms with Gasteiger partial charge in [0.1, 0.15) is 5.82 Å². The van der Waals surface area contributed by atoms with Crippen LogP contribution < -0.4 is 0 Å². The Bertz CT molecular complexity index is 501. The Balaban J connectivity index is 0.00000144. The Morgan fingerprint density at radius 1 is 0.882 bits per heavy atom. The molecular formula is C15H22N2. The molecule has 2 heteroatoms. The van der Waals surface area contributed by atoms with Gasteiger partial charge in [0.2, 0.25) is 0 Å². The van der Waals surface area contributed by atoms with Gasteiger partial charge in [-0.2, -0.15) is 0 Å². The van der Waals surface area contributed by atoms with Crippen LogP contribution in [0.2, 0.25) is 0 Å². The summed E-state index contributed by atoms with van der Waals surface area (Å²) in [5.74, 6) is 1.76. The van der Waals surface area contributed by atoms with E-state index in [1.807, 2.05) is 12.1 Å². The van der Waals surface area contributed by atoms with Gasteiger partial charge in [-0.05, 0) is 12.0 Å². The summed E-state index contributed by atoms with van der Waals surface area (Å²) in [5.41, 5.74) is 2.22. The van der Waals surface area contributed by atoms with E-state index in [0.717, 1.165) is 17.0 Å². The second kappa shape index (κ2) is 5.26. The predicted octanol–water partition coefficient (Wildman–Crippen LogP) is 4.51. The largest absolute Gasteiger partial charge is 0.237 e. The monoisotopic (exact) mass is 230 g/mol. The first-order valence-electron chi connectivity index (χ1n) is 5.86. The van der Waals surface area contributed by atoms with E-state index in [9.17, 15) is 0 Å². The van der Waals surface area contributed by atoms with Crippen LogP contribution in [0.25, 0.3) is 10.9 Å². The molecule has 0 bridgehead atoms. The normalized spacial score (nSPS) is 10.9. The van der Waals surface area contributed by atoms with Crippen molar-refractivity contribution in [3.05, 3.63) is 35.8 Å². The molecule has 0 spiro atoms. The molecule has 2 aromatic rings. The van der Waals surface area contributed by atoms with Crippen molar-refractivity contribution in [3.63, 3.8) is 0 Å². The van der Waals surface area contributed by atoms with Crippen LogP contribution in [0, 0.1) is 0 Å². The Morgan fingerprint density at radius 2 is 1.53 bits per heavy atom. The van der Waals surface area contributed by atoms with Gasteiger partial charge in [-0.15, -0.1) is 0 Å². The molecule has 1 heterocycles. The molecule has 0 unspecified atom stereocenters. The molecule has 0 aliphatic carbocycles. The zero-order valence-corrected chi connectivity index (χ0v) is 10.4.